The fourth-order valence-electron chi connectivity index (χ4n) is 3.03. The lowest BCUT2D eigenvalue weighted by Gasteiger charge is -2.22. The van der Waals surface area contributed by atoms with E-state index >= 15 is 0 Å². The number of hydrogen-bond acceptors (Lipinski definition) is 2. The molecule has 1 heterocycles. The summed E-state index contributed by atoms with van der Waals surface area (Å²) in [5, 5.41) is 0. The van der Waals surface area contributed by atoms with Crippen molar-refractivity contribution < 1.29 is 0 Å². The molecule has 1 fully saturated rings. The molecule has 0 bridgehead atoms. The van der Waals surface area contributed by atoms with E-state index in [1.807, 2.05) is 0 Å². The van der Waals surface area contributed by atoms with Crippen LogP contribution in [0.1, 0.15) is 42.5 Å². The molecule has 2 heteroatoms. The lowest BCUT2D eigenvalue weighted by Crippen LogP contribution is -2.31. The van der Waals surface area contributed by atoms with Crippen molar-refractivity contribution in [2.45, 2.75) is 39.7 Å². The maximum Gasteiger partial charge on any atom is 0.0426 e. The van der Waals surface area contributed by atoms with Crippen molar-refractivity contribution in [1.29, 1.82) is 0 Å². The second-order valence-corrected chi connectivity index (χ2v) is 5.79. The van der Waals surface area contributed by atoms with Gasteiger partial charge in [-0.1, -0.05) is 37.1 Å². The summed E-state index contributed by atoms with van der Waals surface area (Å²) >= 11 is 0. The Morgan fingerprint density at radius 2 is 2.17 bits per heavy atom. The van der Waals surface area contributed by atoms with Gasteiger partial charge in [-0.25, -0.2) is 0 Å². The Kier molecular flexibility index (Phi) is 4.41. The first-order valence-electron chi connectivity index (χ1n) is 7.15. The highest BCUT2D eigenvalue weighted by molar-refractivity contribution is 5.32. The molecule has 1 saturated heterocycles. The largest absolute Gasteiger partial charge is 0.323 e. The van der Waals surface area contributed by atoms with Crippen molar-refractivity contribution in [1.82, 2.24) is 4.90 Å². The topological polar surface area (TPSA) is 29.3 Å². The highest BCUT2D eigenvalue weighted by Crippen LogP contribution is 2.23. The first-order chi connectivity index (χ1) is 8.60. The van der Waals surface area contributed by atoms with Gasteiger partial charge in [-0.15, -0.1) is 0 Å². The van der Waals surface area contributed by atoms with Crippen LogP contribution >= 0.6 is 0 Å². The van der Waals surface area contributed by atoms with Crippen LogP contribution in [0, 0.1) is 19.8 Å². The molecule has 2 nitrogen and oxygen atoms in total. The highest BCUT2D eigenvalue weighted by atomic mass is 15.2. The van der Waals surface area contributed by atoms with E-state index in [-0.39, 0.29) is 6.04 Å². The van der Waals surface area contributed by atoms with E-state index in [0.717, 1.165) is 12.5 Å². The average molecular weight is 246 g/mol. The number of likely N-dealkylation sites (tertiary alicyclic amines) is 1. The zero-order valence-corrected chi connectivity index (χ0v) is 11.9. The van der Waals surface area contributed by atoms with Crippen LogP contribution in [0.3, 0.4) is 0 Å². The summed E-state index contributed by atoms with van der Waals surface area (Å²) in [6.45, 7) is 10.0. The fraction of sp³-hybridized carbons (Fsp3) is 0.625. The summed E-state index contributed by atoms with van der Waals surface area (Å²) in [7, 11) is 0. The van der Waals surface area contributed by atoms with Crippen LogP contribution in [0.15, 0.2) is 18.2 Å². The fourth-order valence-corrected chi connectivity index (χ4v) is 3.03. The van der Waals surface area contributed by atoms with Gasteiger partial charge in [0.05, 0.1) is 0 Å². The van der Waals surface area contributed by atoms with Crippen LogP contribution in [-0.2, 0) is 0 Å². The number of aryl methyl sites for hydroxylation is 2. The Hall–Kier alpha value is -0.860. The van der Waals surface area contributed by atoms with Gasteiger partial charge >= 0.3 is 0 Å². The highest BCUT2D eigenvalue weighted by Gasteiger charge is 2.23. The zero-order chi connectivity index (χ0) is 13.1. The van der Waals surface area contributed by atoms with Gasteiger partial charge in [0.2, 0.25) is 0 Å². The van der Waals surface area contributed by atoms with Crippen LogP contribution in [0.2, 0.25) is 0 Å². The number of nitrogens with zero attached hydrogens (tertiary/aromatic N) is 1. The quantitative estimate of drug-likeness (QED) is 0.885. The van der Waals surface area contributed by atoms with Gasteiger partial charge in [0.1, 0.15) is 0 Å². The van der Waals surface area contributed by atoms with Crippen LogP contribution in [-0.4, -0.2) is 24.5 Å². The van der Waals surface area contributed by atoms with E-state index < -0.39 is 0 Å². The molecule has 1 aliphatic heterocycles. The lowest BCUT2D eigenvalue weighted by molar-refractivity contribution is 0.302. The van der Waals surface area contributed by atoms with E-state index in [1.165, 1.54) is 42.6 Å². The Balaban J connectivity index is 1.97. The predicted octanol–water partition coefficient (Wildman–Crippen LogP) is 3.04. The minimum Gasteiger partial charge on any atom is -0.323 e. The molecule has 2 atom stereocenters. The summed E-state index contributed by atoms with van der Waals surface area (Å²) in [6, 6.07) is 6.75. The maximum absolute atomic E-state index is 6.37. The summed E-state index contributed by atoms with van der Waals surface area (Å²) in [6.07, 6.45) is 2.64. The summed E-state index contributed by atoms with van der Waals surface area (Å²) < 4.78 is 0. The van der Waals surface area contributed by atoms with E-state index in [2.05, 4.69) is 43.9 Å². The van der Waals surface area contributed by atoms with Crippen molar-refractivity contribution in [2.24, 2.45) is 11.7 Å². The van der Waals surface area contributed by atoms with Crippen molar-refractivity contribution in [3.63, 3.8) is 0 Å². The third kappa shape index (κ3) is 3.12. The van der Waals surface area contributed by atoms with Crippen molar-refractivity contribution in [3.8, 4) is 0 Å². The Labute approximate surface area is 111 Å². The van der Waals surface area contributed by atoms with E-state index in [0.29, 0.717) is 0 Å². The van der Waals surface area contributed by atoms with Gasteiger partial charge in [-0.2, -0.15) is 0 Å². The van der Waals surface area contributed by atoms with Crippen LogP contribution in [0.25, 0.3) is 0 Å². The van der Waals surface area contributed by atoms with Crippen molar-refractivity contribution in [2.75, 3.05) is 19.6 Å². The second-order valence-electron chi connectivity index (χ2n) is 5.79. The van der Waals surface area contributed by atoms with Crippen molar-refractivity contribution in [3.05, 3.63) is 34.9 Å². The molecule has 2 N–H and O–H groups in total. The minimum absolute atomic E-state index is 0.154. The third-order valence-electron chi connectivity index (χ3n) is 4.23. The first-order valence-corrected chi connectivity index (χ1v) is 7.15. The van der Waals surface area contributed by atoms with Gasteiger partial charge in [0.15, 0.2) is 0 Å². The Morgan fingerprint density at radius 1 is 1.39 bits per heavy atom. The van der Waals surface area contributed by atoms with Gasteiger partial charge < -0.3 is 10.6 Å². The van der Waals surface area contributed by atoms with E-state index in [4.69, 9.17) is 5.73 Å². The minimum atomic E-state index is 0.154. The monoisotopic (exact) mass is 246 g/mol. The van der Waals surface area contributed by atoms with Gasteiger partial charge in [0.25, 0.3) is 0 Å². The molecule has 0 radical (unpaired) electrons. The van der Waals surface area contributed by atoms with Crippen molar-refractivity contribution >= 4 is 0 Å². The van der Waals surface area contributed by atoms with Gasteiger partial charge in [0, 0.05) is 19.1 Å². The molecule has 0 aromatic heterocycles. The Bertz CT molecular complexity index is 400. The molecule has 0 saturated carbocycles. The second kappa shape index (κ2) is 5.85. The molecule has 1 aromatic rings. The normalized spacial score (nSPS) is 22.3. The Morgan fingerprint density at radius 3 is 2.78 bits per heavy atom. The molecule has 18 heavy (non-hydrogen) atoms. The SMILES string of the molecule is CCC1CCN(CC(N)c2ccc(C)cc2C)C1. The molecule has 0 amide bonds. The molecule has 1 aliphatic rings. The maximum atomic E-state index is 6.37. The number of benzene rings is 1. The molecule has 0 aliphatic carbocycles. The van der Waals surface area contributed by atoms with Crippen LogP contribution in [0.5, 0.6) is 0 Å². The number of hydrogen-bond donors (Lipinski definition) is 1. The predicted molar refractivity (Wildman–Crippen MR) is 77.7 cm³/mol. The molecule has 2 unspecified atom stereocenters. The number of nitrogens with two attached hydrogens (primary N) is 1. The average Bonchev–Trinajstić information content (AvgIpc) is 2.76. The summed E-state index contributed by atoms with van der Waals surface area (Å²) in [5.74, 6) is 0.885. The van der Waals surface area contributed by atoms with Crippen LogP contribution in [0.4, 0.5) is 0 Å². The lowest BCUT2D eigenvalue weighted by atomic mass is 9.99. The molecule has 0 spiro atoms. The zero-order valence-electron chi connectivity index (χ0n) is 11.9. The van der Waals surface area contributed by atoms with Gasteiger partial charge in [-0.05, 0) is 43.9 Å². The molecule has 1 aromatic carbocycles. The third-order valence-corrected chi connectivity index (χ3v) is 4.23. The number of rotatable bonds is 4. The van der Waals surface area contributed by atoms with Gasteiger partial charge in [-0.3, -0.25) is 0 Å². The van der Waals surface area contributed by atoms with Crippen LogP contribution < -0.4 is 5.73 Å². The smallest absolute Gasteiger partial charge is 0.0426 e. The van der Waals surface area contributed by atoms with E-state index in [9.17, 15) is 0 Å². The summed E-state index contributed by atoms with van der Waals surface area (Å²) in [5.41, 5.74) is 10.3. The summed E-state index contributed by atoms with van der Waals surface area (Å²) in [4.78, 5) is 2.53. The first kappa shape index (κ1) is 13.6. The van der Waals surface area contributed by atoms with E-state index in [1.54, 1.807) is 0 Å². The molecular formula is C16H26N2. The molecule has 100 valence electrons. The molecular weight excluding hydrogens is 220 g/mol. The molecule has 2 rings (SSSR count). The standard InChI is InChI=1S/C16H26N2/c1-4-14-7-8-18(10-14)11-16(17)15-6-5-12(2)9-13(15)3/h5-6,9,14,16H,4,7-8,10-11,17H2,1-3H3.